The predicted octanol–water partition coefficient (Wildman–Crippen LogP) is 1.27. The van der Waals surface area contributed by atoms with Gasteiger partial charge in [0, 0.05) is 5.69 Å². The SMILES string of the molecule is COc1ccc(NS(=O)(=O)CC#N)cc1C. The monoisotopic (exact) mass is 240 g/mol. The summed E-state index contributed by atoms with van der Waals surface area (Å²) in [4.78, 5) is 0. The van der Waals surface area contributed by atoms with Crippen LogP contribution in [0.25, 0.3) is 0 Å². The zero-order chi connectivity index (χ0) is 12.2. The van der Waals surface area contributed by atoms with E-state index < -0.39 is 15.8 Å². The second-order valence-electron chi connectivity index (χ2n) is 3.20. The van der Waals surface area contributed by atoms with Gasteiger partial charge in [0.15, 0.2) is 5.75 Å². The largest absolute Gasteiger partial charge is 0.496 e. The van der Waals surface area contributed by atoms with E-state index in [1.54, 1.807) is 38.3 Å². The summed E-state index contributed by atoms with van der Waals surface area (Å²) in [5.74, 6) is 0.126. The Morgan fingerprint density at radius 1 is 1.50 bits per heavy atom. The second-order valence-corrected chi connectivity index (χ2v) is 4.93. The molecule has 0 amide bonds. The second kappa shape index (κ2) is 4.86. The first-order valence-electron chi connectivity index (χ1n) is 4.50. The molecule has 0 bridgehead atoms. The lowest BCUT2D eigenvalue weighted by molar-refractivity contribution is 0.412. The molecule has 0 fully saturated rings. The molecule has 0 aliphatic carbocycles. The molecule has 86 valence electrons. The van der Waals surface area contributed by atoms with Gasteiger partial charge in [0.1, 0.15) is 5.75 Å². The van der Waals surface area contributed by atoms with Crippen LogP contribution in [0.5, 0.6) is 5.75 Å². The summed E-state index contributed by atoms with van der Waals surface area (Å²) < 4.78 is 30.0. The van der Waals surface area contributed by atoms with E-state index >= 15 is 0 Å². The summed E-state index contributed by atoms with van der Waals surface area (Å²) in [6.07, 6.45) is 0. The van der Waals surface area contributed by atoms with Gasteiger partial charge in [-0.25, -0.2) is 8.42 Å². The van der Waals surface area contributed by atoms with Gasteiger partial charge in [-0.05, 0) is 30.7 Å². The van der Waals surface area contributed by atoms with E-state index in [-0.39, 0.29) is 0 Å². The van der Waals surface area contributed by atoms with Crippen molar-refractivity contribution in [1.82, 2.24) is 0 Å². The van der Waals surface area contributed by atoms with Crippen LogP contribution >= 0.6 is 0 Å². The Kier molecular flexibility index (Phi) is 3.74. The number of nitriles is 1. The summed E-state index contributed by atoms with van der Waals surface area (Å²) in [5, 5.41) is 8.33. The van der Waals surface area contributed by atoms with E-state index in [9.17, 15) is 8.42 Å². The Bertz CT molecular complexity index is 517. The van der Waals surface area contributed by atoms with Crippen LogP contribution in [0.1, 0.15) is 5.56 Å². The maximum absolute atomic E-state index is 11.3. The summed E-state index contributed by atoms with van der Waals surface area (Å²) in [6.45, 7) is 1.81. The fraction of sp³-hybridized carbons (Fsp3) is 0.300. The molecule has 1 N–H and O–H groups in total. The molecule has 1 rings (SSSR count). The average molecular weight is 240 g/mol. The quantitative estimate of drug-likeness (QED) is 0.859. The van der Waals surface area contributed by atoms with E-state index in [0.717, 1.165) is 5.56 Å². The van der Waals surface area contributed by atoms with Gasteiger partial charge < -0.3 is 4.74 Å². The van der Waals surface area contributed by atoms with Crippen molar-refractivity contribution in [3.05, 3.63) is 23.8 Å². The molecule has 0 spiro atoms. The highest BCUT2D eigenvalue weighted by atomic mass is 32.2. The molecular weight excluding hydrogens is 228 g/mol. The third kappa shape index (κ3) is 3.14. The minimum Gasteiger partial charge on any atom is -0.496 e. The van der Waals surface area contributed by atoms with Gasteiger partial charge in [-0.3, -0.25) is 4.72 Å². The number of benzene rings is 1. The number of aryl methyl sites for hydroxylation is 1. The maximum atomic E-state index is 11.3. The van der Waals surface area contributed by atoms with E-state index in [1.165, 1.54) is 0 Å². The van der Waals surface area contributed by atoms with Crippen molar-refractivity contribution in [2.45, 2.75) is 6.92 Å². The van der Waals surface area contributed by atoms with Crippen LogP contribution in [-0.4, -0.2) is 21.3 Å². The van der Waals surface area contributed by atoms with Crippen LogP contribution in [0.2, 0.25) is 0 Å². The van der Waals surface area contributed by atoms with Gasteiger partial charge >= 0.3 is 0 Å². The minimum atomic E-state index is -3.57. The van der Waals surface area contributed by atoms with Gasteiger partial charge in [0.25, 0.3) is 0 Å². The van der Waals surface area contributed by atoms with Crippen molar-refractivity contribution in [3.8, 4) is 11.8 Å². The molecule has 1 aromatic carbocycles. The maximum Gasteiger partial charge on any atom is 0.246 e. The molecule has 5 nitrogen and oxygen atoms in total. The molecule has 0 aliphatic heterocycles. The van der Waals surface area contributed by atoms with Gasteiger partial charge in [-0.2, -0.15) is 5.26 Å². The van der Waals surface area contributed by atoms with Crippen molar-refractivity contribution in [1.29, 1.82) is 5.26 Å². The number of hydrogen-bond donors (Lipinski definition) is 1. The first-order chi connectivity index (χ1) is 7.48. The lowest BCUT2D eigenvalue weighted by Gasteiger charge is -2.08. The van der Waals surface area contributed by atoms with Crippen molar-refractivity contribution in [2.75, 3.05) is 17.6 Å². The lowest BCUT2D eigenvalue weighted by atomic mass is 10.2. The topological polar surface area (TPSA) is 79.2 Å². The van der Waals surface area contributed by atoms with Crippen molar-refractivity contribution < 1.29 is 13.2 Å². The van der Waals surface area contributed by atoms with Gasteiger partial charge in [0.05, 0.1) is 13.2 Å². The van der Waals surface area contributed by atoms with E-state index in [2.05, 4.69) is 4.72 Å². The number of rotatable bonds is 4. The summed E-state index contributed by atoms with van der Waals surface area (Å²) >= 11 is 0. The average Bonchev–Trinajstić information content (AvgIpc) is 2.17. The fourth-order valence-electron chi connectivity index (χ4n) is 1.24. The Hall–Kier alpha value is -1.74. The van der Waals surface area contributed by atoms with Crippen molar-refractivity contribution >= 4 is 15.7 Å². The van der Waals surface area contributed by atoms with Crippen molar-refractivity contribution in [2.24, 2.45) is 0 Å². The molecule has 0 saturated carbocycles. The molecule has 0 saturated heterocycles. The van der Waals surface area contributed by atoms with Crippen LogP contribution in [0.15, 0.2) is 18.2 Å². The molecule has 1 aromatic rings. The van der Waals surface area contributed by atoms with E-state index in [1.807, 2.05) is 0 Å². The summed E-state index contributed by atoms with van der Waals surface area (Å²) in [7, 11) is -2.03. The third-order valence-corrected chi connectivity index (χ3v) is 2.98. The number of sulfonamides is 1. The predicted molar refractivity (Wildman–Crippen MR) is 60.8 cm³/mol. The lowest BCUT2D eigenvalue weighted by Crippen LogP contribution is -2.15. The number of nitrogens with one attached hydrogen (secondary N) is 1. The molecular formula is C10H12N2O3S. The number of hydrogen-bond acceptors (Lipinski definition) is 4. The highest BCUT2D eigenvalue weighted by molar-refractivity contribution is 7.92. The third-order valence-electron chi connectivity index (χ3n) is 1.92. The Balaban J connectivity index is 2.92. The van der Waals surface area contributed by atoms with Crippen LogP contribution in [0.3, 0.4) is 0 Å². The van der Waals surface area contributed by atoms with Crippen LogP contribution in [0, 0.1) is 18.3 Å². The highest BCUT2D eigenvalue weighted by Crippen LogP contribution is 2.21. The fourth-order valence-corrected chi connectivity index (χ4v) is 1.97. The van der Waals surface area contributed by atoms with Gasteiger partial charge in [0.2, 0.25) is 10.0 Å². The number of methoxy groups -OCH3 is 1. The Morgan fingerprint density at radius 2 is 2.19 bits per heavy atom. The number of nitrogens with zero attached hydrogens (tertiary/aromatic N) is 1. The number of ether oxygens (including phenoxy) is 1. The first kappa shape index (κ1) is 12.3. The minimum absolute atomic E-state index is 0.425. The standard InChI is InChI=1S/C10H12N2O3S/c1-8-7-9(3-4-10(8)15-2)12-16(13,14)6-5-11/h3-4,7,12H,6H2,1-2H3. The van der Waals surface area contributed by atoms with E-state index in [4.69, 9.17) is 10.00 Å². The molecule has 0 atom stereocenters. The zero-order valence-electron chi connectivity index (χ0n) is 9.02. The molecule has 0 aromatic heterocycles. The normalized spacial score (nSPS) is 10.6. The van der Waals surface area contributed by atoms with Gasteiger partial charge in [-0.1, -0.05) is 0 Å². The van der Waals surface area contributed by atoms with Gasteiger partial charge in [-0.15, -0.1) is 0 Å². The van der Waals surface area contributed by atoms with E-state index in [0.29, 0.717) is 11.4 Å². The molecule has 16 heavy (non-hydrogen) atoms. The summed E-state index contributed by atoms with van der Waals surface area (Å²) in [6, 6.07) is 6.49. The molecule has 0 unspecified atom stereocenters. The number of anilines is 1. The zero-order valence-corrected chi connectivity index (χ0v) is 9.84. The van der Waals surface area contributed by atoms with Crippen LogP contribution in [0.4, 0.5) is 5.69 Å². The Labute approximate surface area is 94.7 Å². The summed E-state index contributed by atoms with van der Waals surface area (Å²) in [5.41, 5.74) is 1.24. The molecule has 6 heteroatoms. The Morgan fingerprint density at radius 3 is 2.69 bits per heavy atom. The molecule has 0 aliphatic rings. The molecule has 0 heterocycles. The smallest absolute Gasteiger partial charge is 0.246 e. The van der Waals surface area contributed by atoms with Crippen molar-refractivity contribution in [3.63, 3.8) is 0 Å². The molecule has 0 radical (unpaired) electrons. The van der Waals surface area contributed by atoms with Crippen LogP contribution in [-0.2, 0) is 10.0 Å². The first-order valence-corrected chi connectivity index (χ1v) is 6.16. The highest BCUT2D eigenvalue weighted by Gasteiger charge is 2.10. The van der Waals surface area contributed by atoms with Crippen LogP contribution < -0.4 is 9.46 Å².